The normalized spacial score (nSPS) is 24.2. The van der Waals surface area contributed by atoms with Gasteiger partial charge in [-0.3, -0.25) is 70.4 Å². The Morgan fingerprint density at radius 2 is 0.903 bits per heavy atom. The number of fused-ring (bicyclic) bond motifs is 3. The highest BCUT2D eigenvalue weighted by molar-refractivity contribution is 7.50. The van der Waals surface area contributed by atoms with Crippen molar-refractivity contribution in [3.05, 3.63) is 153 Å². The molecule has 0 saturated carbocycles. The Balaban J connectivity index is 0.000000172. The van der Waals surface area contributed by atoms with E-state index in [0.29, 0.717) is 65.0 Å². The standard InChI is InChI=1S/C34H43N8O8P.C31H45N8O7P.C30H43N8O8P/c1-22-36-13-14-42(22)51(46,47)49-21-28-27(43)16-29(50-28)41-17-24(31-32(41)37-34(35)38-33(31)45)11-7-8-12-30(44)48-20-26-19-39(2)25(18-40(26)3)15-23-9-5-4-6-10-23;1-20(2)12-23-15-37(5)24(16-36(23)4)17-44-28(41)9-7-6-8-22-14-38(31-29(22)30(32)34-19-35-31)27-13-25(40)26(46-27)18-45-47(42,43)39-11-10-33-21(39)3;1-20-32-11-14-38(20)47(42,43)45-19-24-23(39)16-25(46-24)37-17-21(27-28(37)33-30(31)34-29(27)41)8-4-5-10-26(40)44-15-6-9-22-18-35(2)12-7-13-36(22)3/h4-6,9-10,13-14,17,25-29,43H,8,12,15-16,18-21H2,1-3H3,(H,46,47)(H3,35,37,38,45);10-11,14,19-20,23-27,40H,7,9,12-13,15-18H2,1-5H3,(H,42,43)(H2,32,34,35);11,14,17,22-25,39H,5-7,9-10,12-13,15-16,18-19H2,1-3H3,(H,42,43)(H3,31,33,34,41)/p-3/t25?,26?,27-,28-,29-;23?,24?,25-,26-,27-;22?,23-,24-,25-/m111/s1. The van der Waals surface area contributed by atoms with Gasteiger partial charge in [0.05, 0.1) is 109 Å². The maximum atomic E-state index is 12.9. The molecule has 0 spiro atoms. The molecule has 0 bridgehead atoms. The molecule has 784 valence electrons. The fraction of sp³-hybridized carbons (Fsp3) is 0.558. The number of aromatic nitrogens is 15. The highest BCUT2D eigenvalue weighted by Gasteiger charge is 2.42. The van der Waals surface area contributed by atoms with E-state index in [1.165, 1.54) is 72.1 Å². The van der Waals surface area contributed by atoms with Crippen LogP contribution in [0.1, 0.15) is 156 Å². The molecule has 15 heterocycles. The number of H-pyrrole nitrogens is 2. The number of anilines is 3. The Morgan fingerprint density at radius 3 is 1.33 bits per heavy atom. The second-order valence-corrected chi connectivity index (χ2v) is 42.6. The number of nitrogens with two attached hydrogens (primary N) is 3. The number of piperazine rings is 2. The van der Waals surface area contributed by atoms with Crippen molar-refractivity contribution < 1.29 is 100 Å². The fourth-order valence-corrected chi connectivity index (χ4v) is 21.8. The van der Waals surface area contributed by atoms with Gasteiger partial charge in [0.25, 0.3) is 11.1 Å². The third kappa shape index (κ3) is 28.0. The first-order chi connectivity index (χ1) is 69.1. The minimum atomic E-state index is -4.53. The summed E-state index contributed by atoms with van der Waals surface area (Å²) in [5, 5.41) is 32.9. The van der Waals surface area contributed by atoms with Gasteiger partial charge in [-0.05, 0) is 120 Å². The summed E-state index contributed by atoms with van der Waals surface area (Å²) in [4.78, 5) is 149. The number of nitrogens with one attached hydrogen (secondary N) is 2. The van der Waals surface area contributed by atoms with Gasteiger partial charge in [0.15, 0.2) is 11.3 Å². The van der Waals surface area contributed by atoms with Crippen LogP contribution in [0.25, 0.3) is 33.1 Å². The van der Waals surface area contributed by atoms with Crippen LogP contribution in [0.2, 0.25) is 0 Å². The molecule has 9 aromatic heterocycles. The number of carbonyl (C=O) groups excluding carboxylic acids is 3. The minimum absolute atomic E-state index is 0.0534. The number of nitrogens with zero attached hydrogens (tertiary/aromatic N) is 19. The monoisotopic (exact) mass is 2070 g/mol. The maximum absolute atomic E-state index is 12.9. The molecule has 6 fully saturated rings. The predicted octanol–water partition coefficient (Wildman–Crippen LogP) is 3.15. The number of carbonyl (C=O) groups is 3. The zero-order valence-electron chi connectivity index (χ0n) is 83.0. The number of likely N-dealkylation sites (N-methyl/N-ethyl adjacent to an activating group) is 6. The number of aryl methyl sites for hydroxylation is 3. The molecule has 47 nitrogen and oxygen atoms in total. The fourth-order valence-electron chi connectivity index (χ4n) is 18.6. The van der Waals surface area contributed by atoms with E-state index >= 15 is 0 Å². The number of aliphatic hydroxyl groups is 3. The first-order valence-corrected chi connectivity index (χ1v) is 52.6. The average molecular weight is 2070 g/mol. The number of rotatable bonds is 33. The molecular formula is C95H128N24O23P3-3. The Morgan fingerprint density at radius 1 is 0.503 bits per heavy atom. The molecule has 8 unspecified atom stereocenters. The molecule has 0 amide bonds. The first kappa shape index (κ1) is 109. The van der Waals surface area contributed by atoms with E-state index in [9.17, 15) is 67.7 Å². The van der Waals surface area contributed by atoms with Crippen LogP contribution in [0, 0.1) is 62.2 Å². The Labute approximate surface area is 838 Å². The lowest BCUT2D eigenvalue weighted by atomic mass is 9.99. The molecular weight excluding hydrogens is 1940 g/mol. The van der Waals surface area contributed by atoms with E-state index in [2.05, 4.69) is 190 Å². The average Bonchev–Trinajstić information content (AvgIpc) is 1.62. The largest absolute Gasteiger partial charge is 0.761 e. The molecule has 6 aliphatic rings. The van der Waals surface area contributed by atoms with Crippen LogP contribution in [0.3, 0.4) is 0 Å². The van der Waals surface area contributed by atoms with E-state index in [4.69, 9.17) is 59.2 Å². The number of ether oxygens (including phenoxy) is 6. The summed E-state index contributed by atoms with van der Waals surface area (Å²) in [5.41, 5.74) is 20.1. The van der Waals surface area contributed by atoms with E-state index in [-0.39, 0.29) is 158 Å². The van der Waals surface area contributed by atoms with Crippen LogP contribution < -0.4 is 43.0 Å². The van der Waals surface area contributed by atoms with Crippen LogP contribution in [-0.2, 0) is 76.5 Å². The van der Waals surface area contributed by atoms with Gasteiger partial charge in [0.1, 0.15) is 85.5 Å². The van der Waals surface area contributed by atoms with Crippen LogP contribution in [0.15, 0.2) is 102 Å². The summed E-state index contributed by atoms with van der Waals surface area (Å²) in [5.74, 6) is 18.2. The predicted molar refractivity (Wildman–Crippen MR) is 527 cm³/mol. The lowest BCUT2D eigenvalue weighted by molar-refractivity contribution is -0.206. The van der Waals surface area contributed by atoms with E-state index in [1.54, 1.807) is 30.1 Å². The second kappa shape index (κ2) is 49.1. The molecule has 16 rings (SSSR count). The van der Waals surface area contributed by atoms with Crippen LogP contribution in [-0.4, -0.2) is 329 Å². The van der Waals surface area contributed by atoms with Crippen molar-refractivity contribution in [2.45, 2.75) is 210 Å². The van der Waals surface area contributed by atoms with Crippen molar-refractivity contribution in [2.75, 3.05) is 145 Å². The number of aliphatic hydroxyl groups excluding tert-OH is 3. The summed E-state index contributed by atoms with van der Waals surface area (Å²) in [6, 6.07) is 11.9. The van der Waals surface area contributed by atoms with Crippen molar-refractivity contribution in [1.29, 1.82) is 0 Å². The zero-order valence-corrected chi connectivity index (χ0v) is 85.7. The lowest BCUT2D eigenvalue weighted by Gasteiger charge is -2.43. The van der Waals surface area contributed by atoms with Gasteiger partial charge < -0.3 is 122 Å². The summed E-state index contributed by atoms with van der Waals surface area (Å²) < 4.78 is 95.4. The summed E-state index contributed by atoms with van der Waals surface area (Å²) in [6.07, 6.45) is 11.8. The summed E-state index contributed by atoms with van der Waals surface area (Å²) in [6.45, 7) is 15.3. The van der Waals surface area contributed by atoms with E-state index in [1.807, 2.05) is 6.07 Å². The van der Waals surface area contributed by atoms with Crippen LogP contribution >= 0.6 is 23.2 Å². The lowest BCUT2D eigenvalue weighted by Crippen LogP contribution is -2.57. The third-order valence-electron chi connectivity index (χ3n) is 26.6. The van der Waals surface area contributed by atoms with Crippen molar-refractivity contribution in [3.8, 4) is 35.5 Å². The quantitative estimate of drug-likeness (QED) is 0.00962. The molecule has 50 heteroatoms. The molecule has 6 aliphatic heterocycles. The third-order valence-corrected chi connectivity index (χ3v) is 30.9. The van der Waals surface area contributed by atoms with Gasteiger partial charge in [-0.25, -0.2) is 24.9 Å². The van der Waals surface area contributed by atoms with Gasteiger partial charge >= 0.3 is 17.9 Å². The van der Waals surface area contributed by atoms with E-state index < -0.39 is 103 Å². The van der Waals surface area contributed by atoms with Crippen molar-refractivity contribution in [2.24, 2.45) is 5.92 Å². The minimum Gasteiger partial charge on any atom is -0.761 e. The van der Waals surface area contributed by atoms with Gasteiger partial charge in [-0.2, -0.15) is 9.97 Å². The molecule has 0 aliphatic carbocycles. The van der Waals surface area contributed by atoms with Gasteiger partial charge in [0, 0.05) is 145 Å². The maximum Gasteiger partial charge on any atom is 0.306 e. The topological polar surface area (TPSA) is 598 Å². The van der Waals surface area contributed by atoms with Gasteiger partial charge in [-0.15, -0.1) is 0 Å². The van der Waals surface area contributed by atoms with Crippen molar-refractivity contribution in [1.82, 2.24) is 101 Å². The number of aromatic amines is 2. The Bertz CT molecular complexity index is 6650. The van der Waals surface area contributed by atoms with Gasteiger partial charge in [-0.1, -0.05) is 79.7 Å². The SMILES string of the molecule is Cc1nccn1P(=O)([O-])OC[C@H]1O[C@@H](n2cc(C#CCCC(=O)OCC3CN(C)C(CC(C)C)CN3C)c3c(N)ncnc32)C[C@H]1O.Cc1nccn1P(=O)([O-])OC[C@H]1O[C@@H](n2cc(C#CCCC(=O)OCC3CN(C)C(Cc4ccccc4)CN3C)c3c(=O)[nH]c(N)nc32)C[C@H]1O.Cc1nccn1P(=O)([O-])OC[C@H]1O[C@@H](n2cc(C#CCCC(=O)OCCCC3CN(C)CCCN3C)c3c(=O)[nH]c(N)nc32)C[C@H]1O. The molecule has 17 atom stereocenters. The Kier molecular flexibility index (Phi) is 37.0. The summed E-state index contributed by atoms with van der Waals surface area (Å²) >= 11 is 0. The van der Waals surface area contributed by atoms with Crippen molar-refractivity contribution in [3.63, 3.8) is 0 Å². The second-order valence-electron chi connectivity index (χ2n) is 37.7. The number of hydrogen-bond donors (Lipinski definition) is 8. The highest BCUT2D eigenvalue weighted by atomic mass is 31.2. The van der Waals surface area contributed by atoms with Gasteiger partial charge in [0.2, 0.25) is 35.1 Å². The van der Waals surface area contributed by atoms with Crippen molar-refractivity contribution >= 4 is 92.0 Å². The molecule has 10 aromatic rings. The highest BCUT2D eigenvalue weighted by Crippen LogP contribution is 2.46. The number of benzene rings is 1. The zero-order chi connectivity index (χ0) is 104. The Hall–Kier alpha value is -11.2. The first-order valence-electron chi connectivity index (χ1n) is 48.1. The van der Waals surface area contributed by atoms with Crippen LogP contribution in [0.4, 0.5) is 17.7 Å². The number of nitrogen functional groups attached to an aromatic ring is 3. The smallest absolute Gasteiger partial charge is 0.306 e. The molecule has 6 saturated heterocycles. The molecule has 1 aromatic carbocycles. The molecule has 145 heavy (non-hydrogen) atoms. The number of hydrogen-bond acceptors (Lipinski definition) is 39. The molecule has 11 N–H and O–H groups in total. The van der Waals surface area contributed by atoms with E-state index in [0.717, 1.165) is 90.9 Å². The summed E-state index contributed by atoms with van der Waals surface area (Å²) in [7, 11) is -0.895. The van der Waals surface area contributed by atoms with Crippen LogP contribution in [0.5, 0.6) is 0 Å². The number of imidazole rings is 3. The number of esters is 3. The molecule has 0 radical (unpaired) electrons.